The molecule has 2 aromatic heterocycles. The van der Waals surface area contributed by atoms with Crippen molar-refractivity contribution in [2.75, 3.05) is 15.1 Å². The van der Waals surface area contributed by atoms with Crippen molar-refractivity contribution in [2.45, 2.75) is 54.5 Å². The number of carbonyl (C=O) groups is 2. The molecule has 0 bridgehead atoms. The van der Waals surface area contributed by atoms with Crippen molar-refractivity contribution in [3.63, 3.8) is 0 Å². The first-order valence-electron chi connectivity index (χ1n) is 24.5. The molecule has 0 amide bonds. The van der Waals surface area contributed by atoms with Gasteiger partial charge in [-0.2, -0.15) is 4.39 Å². The van der Waals surface area contributed by atoms with Gasteiger partial charge in [-0.05, 0) is 102 Å². The quantitative estimate of drug-likeness (QED) is 0.189. The summed E-state index contributed by atoms with van der Waals surface area (Å²) in [5.74, 6) is 2.66. The largest absolute Gasteiger partial charge is 0.439 e. The number of halogens is 1. The molecule has 71 heavy (non-hydrogen) atoms. The zero-order valence-corrected chi connectivity index (χ0v) is 38.5. The molecule has 6 aromatic rings. The summed E-state index contributed by atoms with van der Waals surface area (Å²) in [4.78, 5) is 30.2. The number of fused-ring (bicyclic) bond motifs is 14. The smallest absolute Gasteiger partial charge is 0.279 e. The number of furan rings is 2. The number of carbonyl (C=O) groups excluding carboxylic acids is 2. The number of hydrogen-bond donors (Lipinski definition) is 1. The van der Waals surface area contributed by atoms with Crippen molar-refractivity contribution >= 4 is 51.6 Å². The van der Waals surface area contributed by atoms with E-state index in [0.717, 1.165) is 62.2 Å². The fourth-order valence-electron chi connectivity index (χ4n) is 10.8. The van der Waals surface area contributed by atoms with Gasteiger partial charge in [0.2, 0.25) is 5.88 Å². The van der Waals surface area contributed by atoms with E-state index in [9.17, 15) is 14.0 Å². The Labute approximate surface area is 419 Å². The van der Waals surface area contributed by atoms with Crippen LogP contribution in [0.5, 0.6) is 0 Å². The van der Waals surface area contributed by atoms with Crippen LogP contribution < -0.4 is 15.1 Å². The van der Waals surface area contributed by atoms with Gasteiger partial charge < -0.3 is 19.1 Å². The lowest BCUT2D eigenvalue weighted by molar-refractivity contribution is 0.103. The van der Waals surface area contributed by atoms with Gasteiger partial charge in [0.15, 0.2) is 11.6 Å². The van der Waals surface area contributed by atoms with E-state index in [0.29, 0.717) is 51.5 Å². The van der Waals surface area contributed by atoms with Gasteiger partial charge in [-0.25, -0.2) is 0 Å². The van der Waals surface area contributed by atoms with E-state index in [2.05, 4.69) is 134 Å². The lowest BCUT2D eigenvalue weighted by atomic mass is 9.79. The SMILES string of the molecule is C.C.CC(C)C1c2ccccc2Nc2ccccc21.CC(C)N1c2ccccc2N(c2cc3c(o2)-c2cc4cccccc-4c2C3=O)c2ccccc21.O=C1c2cc(F)oc2-c2cc3cccccc-3c21.[2HH].[2H][2H]. The Balaban J connectivity index is 0.000000155. The van der Waals surface area contributed by atoms with Crippen LogP contribution in [0.25, 0.3) is 44.9 Å². The summed E-state index contributed by atoms with van der Waals surface area (Å²) in [6, 6.07) is 60.1. The standard InChI is InChI=1S/C30H22N2O2.C16H17N.C15H7FO2.2CH4.2H2/c1-18(2)31-23-12-6-8-14-25(23)32(26-15-9-7-13-24(26)31)27-17-22-29(33)28-20-11-5-3-4-10-19(20)16-21(28)30(22)34-27;1-11(2)16-12-7-3-5-9-14(12)17-15-10-6-4-8-13(15)16;16-12-7-11-14(17)13-9-5-3-1-2-4-8(9)6-10(13)15(11)18-12;;;;/h3-18H,1-2H3;3-11,16-17H,1-2H3;1-7H;2*1H4;2*1H/i;;;;;1+1D;1+1. The minimum absolute atomic E-state index is 0. The predicted octanol–water partition coefficient (Wildman–Crippen LogP) is 18.0. The van der Waals surface area contributed by atoms with Gasteiger partial charge in [-0.1, -0.05) is 150 Å². The average Bonchev–Trinajstić information content (AvgIpc) is 4.18. The van der Waals surface area contributed by atoms with Crippen LogP contribution in [0.1, 0.15) is 95.8 Å². The Morgan fingerprint density at radius 2 is 0.944 bits per heavy atom. The first-order chi connectivity index (χ1) is 34.7. The van der Waals surface area contributed by atoms with Crippen LogP contribution in [0.15, 0.2) is 191 Å². The predicted molar refractivity (Wildman–Crippen MR) is 291 cm³/mol. The van der Waals surface area contributed by atoms with Gasteiger partial charge in [0, 0.05) is 62.1 Å². The van der Waals surface area contributed by atoms with Crippen molar-refractivity contribution in [1.29, 1.82) is 0 Å². The lowest BCUT2D eigenvalue weighted by Crippen LogP contribution is -2.32. The Hall–Kier alpha value is -8.49. The highest BCUT2D eigenvalue weighted by Gasteiger charge is 2.39. The molecule has 4 heterocycles. The number of anilines is 7. The number of benzene rings is 4. The molecule has 0 saturated carbocycles. The van der Waals surface area contributed by atoms with Crippen LogP contribution in [-0.4, -0.2) is 17.6 Å². The summed E-state index contributed by atoms with van der Waals surface area (Å²) in [5, 5.41) is 3.53. The molecule has 8 aliphatic rings. The topological polar surface area (TPSA) is 78.9 Å². The van der Waals surface area contributed by atoms with Crippen molar-refractivity contribution in [3.8, 4) is 44.9 Å². The van der Waals surface area contributed by atoms with Crippen LogP contribution in [0, 0.1) is 11.9 Å². The van der Waals surface area contributed by atoms with Crippen LogP contribution >= 0.6 is 0 Å². The Kier molecular flexibility index (Phi) is 11.5. The first-order valence-corrected chi connectivity index (χ1v) is 23.5. The summed E-state index contributed by atoms with van der Waals surface area (Å²) in [5.41, 5.74) is 17.4. The van der Waals surface area contributed by atoms with Crippen molar-refractivity contribution < 1.29 is 27.2 Å². The van der Waals surface area contributed by atoms with Crippen LogP contribution in [0.2, 0.25) is 0 Å². The van der Waals surface area contributed by atoms with E-state index < -0.39 is 6.01 Å². The van der Waals surface area contributed by atoms with E-state index in [1.54, 1.807) is 0 Å². The third-order valence-electron chi connectivity index (χ3n) is 13.7. The van der Waals surface area contributed by atoms with E-state index in [1.807, 2.05) is 84.9 Å². The average molecular weight is 943 g/mol. The molecule has 356 valence electrons. The molecule has 0 spiro atoms. The van der Waals surface area contributed by atoms with Gasteiger partial charge in [-0.15, -0.1) is 0 Å². The summed E-state index contributed by atoms with van der Waals surface area (Å²) in [6.45, 7) is 8.99. The highest BCUT2D eigenvalue weighted by Crippen LogP contribution is 2.55. The molecular formula is C63H58FN3O4. The van der Waals surface area contributed by atoms with Gasteiger partial charge in [0.05, 0.1) is 33.9 Å². The number of para-hydroxylation sites is 6. The first kappa shape index (κ1) is 45.0. The monoisotopic (exact) mass is 942 g/mol. The molecule has 6 aliphatic carbocycles. The van der Waals surface area contributed by atoms with Crippen LogP contribution in [0.3, 0.4) is 0 Å². The van der Waals surface area contributed by atoms with Crippen molar-refractivity contribution in [2.24, 2.45) is 5.92 Å². The summed E-state index contributed by atoms with van der Waals surface area (Å²) < 4.78 is 34.6. The maximum Gasteiger partial charge on any atom is 0.279 e. The van der Waals surface area contributed by atoms with Crippen LogP contribution in [0.4, 0.5) is 44.4 Å². The van der Waals surface area contributed by atoms with Crippen molar-refractivity contribution in [1.82, 2.24) is 0 Å². The molecule has 2 aliphatic heterocycles. The zero-order chi connectivity index (χ0) is 49.1. The third-order valence-corrected chi connectivity index (χ3v) is 13.7. The third kappa shape index (κ3) is 7.41. The van der Waals surface area contributed by atoms with E-state index in [4.69, 9.17) is 11.8 Å². The summed E-state index contributed by atoms with van der Waals surface area (Å²) >= 11 is 0. The minimum Gasteiger partial charge on any atom is -0.439 e. The highest BCUT2D eigenvalue weighted by molar-refractivity contribution is 6.26. The van der Waals surface area contributed by atoms with Gasteiger partial charge in [0.25, 0.3) is 6.01 Å². The number of rotatable bonds is 3. The molecule has 4 aromatic carbocycles. The maximum atomic E-state index is 13.5. The fourth-order valence-corrected chi connectivity index (χ4v) is 10.8. The van der Waals surface area contributed by atoms with Gasteiger partial charge in [0.1, 0.15) is 11.5 Å². The fraction of sp³-hybridized carbons (Fsp3) is 0.143. The molecule has 8 heteroatoms. The lowest BCUT2D eigenvalue weighted by Gasteiger charge is -2.41. The molecule has 0 atom stereocenters. The Morgan fingerprint density at radius 3 is 1.45 bits per heavy atom. The van der Waals surface area contributed by atoms with Crippen molar-refractivity contribution in [3.05, 3.63) is 221 Å². The maximum absolute atomic E-state index is 13.5. The number of hydrogen-bond acceptors (Lipinski definition) is 7. The number of nitrogens with one attached hydrogen (secondary N) is 1. The van der Waals surface area contributed by atoms with E-state index in [1.165, 1.54) is 22.5 Å². The highest BCUT2D eigenvalue weighted by atomic mass is 19.1. The Morgan fingerprint density at radius 1 is 0.507 bits per heavy atom. The zero-order valence-electron chi connectivity index (χ0n) is 40.5. The second kappa shape index (κ2) is 18.1. The Bertz CT molecular complexity index is 3520. The van der Waals surface area contributed by atoms with Crippen LogP contribution in [-0.2, 0) is 0 Å². The molecular weight excluding hydrogens is 882 g/mol. The molecule has 1 N–H and O–H groups in total. The minimum atomic E-state index is -0.713. The van der Waals surface area contributed by atoms with Gasteiger partial charge >= 0.3 is 0 Å². The molecule has 0 unspecified atom stereocenters. The number of ketones is 2. The normalized spacial score (nSPS) is 13.3. The second-order valence-corrected chi connectivity index (χ2v) is 18.5. The summed E-state index contributed by atoms with van der Waals surface area (Å²) in [7, 11) is 0. The molecule has 0 radical (unpaired) electrons. The molecule has 0 saturated heterocycles. The number of nitrogens with zero attached hydrogens (tertiary/aromatic N) is 2. The van der Waals surface area contributed by atoms with E-state index in [-0.39, 0.29) is 33.9 Å². The molecule has 14 rings (SSSR count). The van der Waals surface area contributed by atoms with Gasteiger partial charge in [-0.3, -0.25) is 14.5 Å². The molecule has 7 nitrogen and oxygen atoms in total. The summed E-state index contributed by atoms with van der Waals surface area (Å²) in [6.07, 6.45) is 0. The van der Waals surface area contributed by atoms with E-state index >= 15 is 0 Å². The molecule has 0 fully saturated rings. The second-order valence-electron chi connectivity index (χ2n) is 18.5.